The monoisotopic (exact) mass is 250 g/mol. The molecule has 1 rings (SSSR count). The number of rotatable bonds is 9. The molecule has 2 heteroatoms. The molecule has 0 aliphatic carbocycles. The van der Waals surface area contributed by atoms with Crippen molar-refractivity contribution in [1.82, 2.24) is 0 Å². The predicted octanol–water partition coefficient (Wildman–Crippen LogP) is 4.31. The largest absolute Gasteiger partial charge is 0.508 e. The zero-order chi connectivity index (χ0) is 13.2. The van der Waals surface area contributed by atoms with Gasteiger partial charge in [-0.05, 0) is 37.5 Å². The van der Waals surface area contributed by atoms with Gasteiger partial charge in [-0.1, -0.05) is 44.7 Å². The van der Waals surface area contributed by atoms with Gasteiger partial charge in [-0.2, -0.15) is 0 Å². The first-order valence-electron chi connectivity index (χ1n) is 7.12. The van der Waals surface area contributed by atoms with Crippen molar-refractivity contribution in [2.75, 3.05) is 6.61 Å². The minimum Gasteiger partial charge on any atom is -0.508 e. The summed E-state index contributed by atoms with van der Waals surface area (Å²) >= 11 is 0. The van der Waals surface area contributed by atoms with E-state index < -0.39 is 0 Å². The van der Waals surface area contributed by atoms with Gasteiger partial charge in [0.05, 0.1) is 12.7 Å². The Morgan fingerprint density at radius 2 is 1.83 bits per heavy atom. The maximum Gasteiger partial charge on any atom is 0.115 e. The highest BCUT2D eigenvalue weighted by atomic mass is 16.5. The molecule has 1 atom stereocenters. The summed E-state index contributed by atoms with van der Waals surface area (Å²) in [5.74, 6) is 0.323. The third-order valence-corrected chi connectivity index (χ3v) is 3.19. The van der Waals surface area contributed by atoms with Crippen LogP contribution in [0.1, 0.15) is 51.5 Å². The molecule has 18 heavy (non-hydrogen) atoms. The van der Waals surface area contributed by atoms with Crippen LogP contribution in [-0.2, 0) is 11.2 Å². The fourth-order valence-electron chi connectivity index (χ4n) is 1.98. The summed E-state index contributed by atoms with van der Waals surface area (Å²) in [5.41, 5.74) is 1.21. The minimum atomic E-state index is 0.323. The van der Waals surface area contributed by atoms with Crippen molar-refractivity contribution < 1.29 is 9.84 Å². The van der Waals surface area contributed by atoms with Crippen LogP contribution < -0.4 is 0 Å². The number of hydrogen-bond donors (Lipinski definition) is 1. The second-order valence-corrected chi connectivity index (χ2v) is 4.95. The van der Waals surface area contributed by atoms with Crippen molar-refractivity contribution in [3.8, 4) is 5.75 Å². The smallest absolute Gasteiger partial charge is 0.115 e. The molecule has 0 saturated carbocycles. The molecule has 1 aromatic rings. The SMILES string of the molecule is CCCCCCC(C)OCCc1ccc(O)cc1. The summed E-state index contributed by atoms with van der Waals surface area (Å²) < 4.78 is 5.79. The Hall–Kier alpha value is -1.02. The average Bonchev–Trinajstić information content (AvgIpc) is 2.37. The molecular formula is C16H26O2. The Morgan fingerprint density at radius 3 is 2.50 bits per heavy atom. The lowest BCUT2D eigenvalue weighted by Gasteiger charge is -2.12. The van der Waals surface area contributed by atoms with Gasteiger partial charge in [-0.25, -0.2) is 0 Å². The van der Waals surface area contributed by atoms with Crippen molar-refractivity contribution in [3.63, 3.8) is 0 Å². The number of hydrogen-bond acceptors (Lipinski definition) is 2. The topological polar surface area (TPSA) is 29.5 Å². The van der Waals surface area contributed by atoms with Gasteiger partial charge in [0.15, 0.2) is 0 Å². The van der Waals surface area contributed by atoms with Crippen molar-refractivity contribution in [2.45, 2.75) is 58.5 Å². The van der Waals surface area contributed by atoms with Crippen molar-refractivity contribution in [1.29, 1.82) is 0 Å². The van der Waals surface area contributed by atoms with Gasteiger partial charge in [-0.3, -0.25) is 0 Å². The molecule has 1 N–H and O–H groups in total. The third kappa shape index (κ3) is 6.65. The predicted molar refractivity (Wildman–Crippen MR) is 76.0 cm³/mol. The molecule has 0 aliphatic rings. The first-order chi connectivity index (χ1) is 8.72. The van der Waals surface area contributed by atoms with E-state index in [0.29, 0.717) is 11.9 Å². The fraction of sp³-hybridized carbons (Fsp3) is 0.625. The molecule has 1 aromatic carbocycles. The normalized spacial score (nSPS) is 12.6. The zero-order valence-electron chi connectivity index (χ0n) is 11.7. The summed E-state index contributed by atoms with van der Waals surface area (Å²) in [6.07, 6.45) is 7.65. The first-order valence-corrected chi connectivity index (χ1v) is 7.12. The standard InChI is InChI=1S/C16H26O2/c1-3-4-5-6-7-14(2)18-13-12-15-8-10-16(17)11-9-15/h8-11,14,17H,3-7,12-13H2,1-2H3. The lowest BCUT2D eigenvalue weighted by molar-refractivity contribution is 0.0607. The van der Waals surface area contributed by atoms with Crippen LogP contribution in [0.15, 0.2) is 24.3 Å². The van der Waals surface area contributed by atoms with Gasteiger partial charge in [-0.15, -0.1) is 0 Å². The van der Waals surface area contributed by atoms with Gasteiger partial charge in [0.2, 0.25) is 0 Å². The number of aromatic hydroxyl groups is 1. The number of benzene rings is 1. The highest BCUT2D eigenvalue weighted by molar-refractivity contribution is 5.25. The second kappa shape index (κ2) is 8.98. The molecule has 102 valence electrons. The molecule has 0 bridgehead atoms. The molecule has 0 aliphatic heterocycles. The molecule has 0 aromatic heterocycles. The molecule has 0 spiro atoms. The van der Waals surface area contributed by atoms with E-state index in [-0.39, 0.29) is 0 Å². The molecule has 2 nitrogen and oxygen atoms in total. The highest BCUT2D eigenvalue weighted by Gasteiger charge is 2.02. The van der Waals surface area contributed by atoms with Crippen LogP contribution in [0.3, 0.4) is 0 Å². The van der Waals surface area contributed by atoms with Crippen molar-refractivity contribution >= 4 is 0 Å². The number of unbranched alkanes of at least 4 members (excludes halogenated alkanes) is 3. The van der Waals surface area contributed by atoms with Crippen LogP contribution in [0.2, 0.25) is 0 Å². The Bertz CT molecular complexity index is 305. The highest BCUT2D eigenvalue weighted by Crippen LogP contribution is 2.11. The Kier molecular flexibility index (Phi) is 7.51. The fourth-order valence-corrected chi connectivity index (χ4v) is 1.98. The summed E-state index contributed by atoms with van der Waals surface area (Å²) in [5, 5.41) is 9.18. The molecule has 1 unspecified atom stereocenters. The summed E-state index contributed by atoms with van der Waals surface area (Å²) in [7, 11) is 0. The van der Waals surface area contributed by atoms with Crippen molar-refractivity contribution in [2.24, 2.45) is 0 Å². The average molecular weight is 250 g/mol. The van der Waals surface area contributed by atoms with Crippen molar-refractivity contribution in [3.05, 3.63) is 29.8 Å². The first kappa shape index (κ1) is 15.0. The van der Waals surface area contributed by atoms with E-state index in [1.807, 2.05) is 12.1 Å². The quantitative estimate of drug-likeness (QED) is 0.662. The summed E-state index contributed by atoms with van der Waals surface area (Å²) in [4.78, 5) is 0. The number of ether oxygens (including phenoxy) is 1. The Morgan fingerprint density at radius 1 is 1.11 bits per heavy atom. The molecule has 0 saturated heterocycles. The molecule has 0 heterocycles. The van der Waals surface area contributed by atoms with E-state index in [4.69, 9.17) is 4.74 Å². The zero-order valence-corrected chi connectivity index (χ0v) is 11.7. The Balaban J connectivity index is 2.07. The maximum atomic E-state index is 9.18. The van der Waals surface area contributed by atoms with Gasteiger partial charge in [0.25, 0.3) is 0 Å². The maximum absolute atomic E-state index is 9.18. The van der Waals surface area contributed by atoms with Crippen LogP contribution in [0.5, 0.6) is 5.75 Å². The minimum absolute atomic E-state index is 0.323. The van der Waals surface area contributed by atoms with Gasteiger partial charge in [0.1, 0.15) is 5.75 Å². The van der Waals surface area contributed by atoms with Crippen LogP contribution in [0.4, 0.5) is 0 Å². The van der Waals surface area contributed by atoms with E-state index in [9.17, 15) is 5.11 Å². The van der Waals surface area contributed by atoms with Crippen LogP contribution in [-0.4, -0.2) is 17.8 Å². The lowest BCUT2D eigenvalue weighted by Crippen LogP contribution is -2.10. The van der Waals surface area contributed by atoms with Crippen LogP contribution in [0.25, 0.3) is 0 Å². The molecule has 0 amide bonds. The number of phenolic OH excluding ortho intramolecular Hbond substituents is 1. The Labute approximate surface area is 111 Å². The number of phenols is 1. The van der Waals surface area contributed by atoms with E-state index in [1.54, 1.807) is 12.1 Å². The second-order valence-electron chi connectivity index (χ2n) is 4.95. The molecule has 0 fully saturated rings. The van der Waals surface area contributed by atoms with Gasteiger partial charge in [0, 0.05) is 0 Å². The molecular weight excluding hydrogens is 224 g/mol. The van der Waals surface area contributed by atoms with E-state index in [1.165, 1.54) is 31.2 Å². The summed E-state index contributed by atoms with van der Waals surface area (Å²) in [6, 6.07) is 7.35. The lowest BCUT2D eigenvalue weighted by atomic mass is 10.1. The third-order valence-electron chi connectivity index (χ3n) is 3.19. The van der Waals surface area contributed by atoms with E-state index in [0.717, 1.165) is 19.4 Å². The van der Waals surface area contributed by atoms with Gasteiger partial charge < -0.3 is 9.84 Å². The van der Waals surface area contributed by atoms with E-state index in [2.05, 4.69) is 13.8 Å². The van der Waals surface area contributed by atoms with Crippen LogP contribution in [0, 0.1) is 0 Å². The summed E-state index contributed by atoms with van der Waals surface area (Å²) in [6.45, 7) is 5.15. The van der Waals surface area contributed by atoms with Gasteiger partial charge >= 0.3 is 0 Å². The van der Waals surface area contributed by atoms with E-state index >= 15 is 0 Å². The molecule has 0 radical (unpaired) electrons. The van der Waals surface area contributed by atoms with Crippen LogP contribution >= 0.6 is 0 Å².